The van der Waals surface area contributed by atoms with E-state index in [9.17, 15) is 9.59 Å². The van der Waals surface area contributed by atoms with Crippen LogP contribution in [0.3, 0.4) is 0 Å². The van der Waals surface area contributed by atoms with Crippen molar-refractivity contribution in [3.05, 3.63) is 72.6 Å². The van der Waals surface area contributed by atoms with Crippen LogP contribution >= 0.6 is 0 Å². The maximum absolute atomic E-state index is 11.6. The number of cyclic esters (lactones) is 2. The second-order valence-electron chi connectivity index (χ2n) is 4.92. The van der Waals surface area contributed by atoms with Crippen molar-refractivity contribution in [2.75, 3.05) is 0 Å². The van der Waals surface area contributed by atoms with Gasteiger partial charge in [-0.1, -0.05) is 42.5 Å². The molecule has 1 fully saturated rings. The Morgan fingerprint density at radius 1 is 0.909 bits per heavy atom. The molecule has 0 aromatic heterocycles. The van der Waals surface area contributed by atoms with Crippen LogP contribution in [0.2, 0.25) is 0 Å². The molecular weight excluding hydrogens is 324 g/mol. The van der Waals surface area contributed by atoms with Crippen molar-refractivity contribution in [3.8, 4) is 0 Å². The Morgan fingerprint density at radius 3 is 1.91 bits per heavy atom. The van der Waals surface area contributed by atoms with Gasteiger partial charge >= 0.3 is 11.9 Å². The van der Waals surface area contributed by atoms with Gasteiger partial charge in [0, 0.05) is 43.8 Å². The third-order valence-corrected chi connectivity index (χ3v) is 2.67. The fourth-order valence-electron chi connectivity index (χ4n) is 1.75. The zero-order valence-electron chi connectivity index (χ0n) is 12.3. The van der Waals surface area contributed by atoms with Gasteiger partial charge in [-0.3, -0.25) is 0 Å². The van der Waals surface area contributed by atoms with Gasteiger partial charge in [0.25, 0.3) is 5.79 Å². The zero-order valence-corrected chi connectivity index (χ0v) is 13.4. The minimum absolute atomic E-state index is 0. The predicted molar refractivity (Wildman–Crippen MR) is 78.4 cm³/mol. The van der Waals surface area contributed by atoms with Crippen LogP contribution in [0.1, 0.15) is 13.8 Å². The smallest absolute Gasteiger partial charge is 0.348 e. The van der Waals surface area contributed by atoms with Crippen molar-refractivity contribution in [1.29, 1.82) is 0 Å². The molecule has 0 amide bonds. The molecule has 1 aliphatic heterocycles. The number of allylic oxidation sites excluding steroid dienone is 9. The van der Waals surface area contributed by atoms with Gasteiger partial charge in [-0.05, 0) is 11.6 Å². The van der Waals surface area contributed by atoms with E-state index in [0.717, 1.165) is 5.57 Å². The molecule has 2 aliphatic carbocycles. The standard InChI is InChI=1S/C12H11O4.C5H5.Fe/c1-12(2)15-10(13)9(11(14)16-12)7-8-5-3-4-6-8;1-2-4-5-3-1;/h3-7H,1-2H3;1-5H;. The molecule has 116 valence electrons. The van der Waals surface area contributed by atoms with Gasteiger partial charge in [0.05, 0.1) is 0 Å². The fraction of sp³-hybridized carbons (Fsp3) is 0.176. The molecule has 4 nitrogen and oxygen atoms in total. The van der Waals surface area contributed by atoms with E-state index in [1.54, 1.807) is 12.2 Å². The molecular formula is C17H16FeO4. The van der Waals surface area contributed by atoms with Gasteiger partial charge < -0.3 is 9.47 Å². The molecule has 22 heavy (non-hydrogen) atoms. The Bertz CT molecular complexity index is 560. The summed E-state index contributed by atoms with van der Waals surface area (Å²) in [6, 6.07) is 0. The normalized spacial score (nSPS) is 20.5. The summed E-state index contributed by atoms with van der Waals surface area (Å²) in [6.07, 6.45) is 18.7. The Kier molecular flexibility index (Phi) is 6.59. The summed E-state index contributed by atoms with van der Waals surface area (Å²) in [5.74, 6) is -2.48. The molecule has 5 heteroatoms. The monoisotopic (exact) mass is 340 g/mol. The van der Waals surface area contributed by atoms with Gasteiger partial charge in [0.1, 0.15) is 5.57 Å². The summed E-state index contributed by atoms with van der Waals surface area (Å²) < 4.78 is 9.91. The Hall–Kier alpha value is -1.84. The Labute approximate surface area is 140 Å². The third-order valence-electron chi connectivity index (χ3n) is 2.67. The predicted octanol–water partition coefficient (Wildman–Crippen LogP) is 2.76. The first kappa shape index (κ1) is 18.2. The molecule has 0 N–H and O–H groups in total. The van der Waals surface area contributed by atoms with E-state index < -0.39 is 17.7 Å². The number of esters is 2. The topological polar surface area (TPSA) is 52.6 Å². The van der Waals surface area contributed by atoms with E-state index in [4.69, 9.17) is 9.47 Å². The van der Waals surface area contributed by atoms with Gasteiger partial charge in [-0.2, -0.15) is 0 Å². The van der Waals surface area contributed by atoms with E-state index in [-0.39, 0.29) is 22.6 Å². The molecule has 1 heterocycles. The number of carbonyl (C=O) groups excluding carboxylic acids is 2. The molecule has 1 saturated heterocycles. The number of carbonyl (C=O) groups is 2. The molecule has 0 unspecified atom stereocenters. The SMILES string of the molecule is CC1(C)OC(=O)C(=CC2=C[CH]C=C2)C(=O)O1.[CH]1C=CC=C1.[Fe]. The molecule has 0 spiro atoms. The molecule has 0 atom stereocenters. The summed E-state index contributed by atoms with van der Waals surface area (Å²) >= 11 is 0. The van der Waals surface area contributed by atoms with Crippen LogP contribution in [0.25, 0.3) is 0 Å². The van der Waals surface area contributed by atoms with Crippen LogP contribution in [-0.2, 0) is 36.1 Å². The molecule has 0 aromatic carbocycles. The van der Waals surface area contributed by atoms with E-state index in [2.05, 4.69) is 0 Å². The Balaban J connectivity index is 0.000000344. The summed E-state index contributed by atoms with van der Waals surface area (Å²) in [5.41, 5.74) is 0.689. The van der Waals surface area contributed by atoms with Crippen LogP contribution in [-0.4, -0.2) is 17.7 Å². The quantitative estimate of drug-likeness (QED) is 0.319. The van der Waals surface area contributed by atoms with Crippen LogP contribution in [0.5, 0.6) is 0 Å². The fourth-order valence-corrected chi connectivity index (χ4v) is 1.75. The van der Waals surface area contributed by atoms with Crippen molar-refractivity contribution >= 4 is 11.9 Å². The average Bonchev–Trinajstić information content (AvgIpc) is 3.08. The van der Waals surface area contributed by atoms with E-state index in [1.165, 1.54) is 19.9 Å². The van der Waals surface area contributed by atoms with Crippen LogP contribution in [0.4, 0.5) is 0 Å². The maximum Gasteiger partial charge on any atom is 0.348 e. The summed E-state index contributed by atoms with van der Waals surface area (Å²) in [6.45, 7) is 3.03. The molecule has 0 saturated carbocycles. The van der Waals surface area contributed by atoms with Gasteiger partial charge in [0.2, 0.25) is 0 Å². The van der Waals surface area contributed by atoms with Crippen LogP contribution < -0.4 is 0 Å². The molecule has 3 aliphatic rings. The summed E-state index contributed by atoms with van der Waals surface area (Å²) in [5, 5.41) is 0. The van der Waals surface area contributed by atoms with Gasteiger partial charge in [0.15, 0.2) is 0 Å². The summed E-state index contributed by atoms with van der Waals surface area (Å²) in [4.78, 5) is 23.1. The largest absolute Gasteiger partial charge is 0.419 e. The van der Waals surface area contributed by atoms with E-state index in [0.29, 0.717) is 0 Å². The van der Waals surface area contributed by atoms with Gasteiger partial charge in [-0.25, -0.2) is 9.59 Å². The number of ether oxygens (including phenoxy) is 2. The first-order valence-corrected chi connectivity index (χ1v) is 6.55. The summed E-state index contributed by atoms with van der Waals surface area (Å²) in [7, 11) is 0. The molecule has 2 radical (unpaired) electrons. The minimum atomic E-state index is -1.18. The van der Waals surface area contributed by atoms with Crippen molar-refractivity contribution in [1.82, 2.24) is 0 Å². The second-order valence-corrected chi connectivity index (χ2v) is 4.92. The third kappa shape index (κ3) is 5.17. The van der Waals surface area contributed by atoms with Crippen molar-refractivity contribution in [2.45, 2.75) is 19.6 Å². The number of rotatable bonds is 1. The second kappa shape index (κ2) is 7.97. The maximum atomic E-state index is 11.6. The van der Waals surface area contributed by atoms with E-state index >= 15 is 0 Å². The number of hydrogen-bond acceptors (Lipinski definition) is 4. The molecule has 0 aromatic rings. The average molecular weight is 340 g/mol. The Morgan fingerprint density at radius 2 is 1.50 bits per heavy atom. The first-order valence-electron chi connectivity index (χ1n) is 6.55. The van der Waals surface area contributed by atoms with Crippen molar-refractivity contribution in [2.24, 2.45) is 0 Å². The first-order chi connectivity index (χ1) is 9.98. The van der Waals surface area contributed by atoms with Gasteiger partial charge in [-0.15, -0.1) is 0 Å². The van der Waals surface area contributed by atoms with Crippen LogP contribution in [0, 0.1) is 12.8 Å². The van der Waals surface area contributed by atoms with Crippen molar-refractivity contribution < 1.29 is 36.1 Å². The zero-order chi connectivity index (χ0) is 15.3. The van der Waals surface area contributed by atoms with Crippen molar-refractivity contribution in [3.63, 3.8) is 0 Å². The van der Waals surface area contributed by atoms with Crippen LogP contribution in [0.15, 0.2) is 59.8 Å². The molecule has 3 rings (SSSR count). The minimum Gasteiger partial charge on any atom is -0.419 e. The molecule has 0 bridgehead atoms. The van der Waals surface area contributed by atoms with E-state index in [1.807, 2.05) is 43.2 Å². The number of hydrogen-bond donors (Lipinski definition) is 0.